The van der Waals surface area contributed by atoms with Gasteiger partial charge in [0.2, 0.25) is 11.9 Å². The highest BCUT2D eigenvalue weighted by atomic mass is 32.2. The van der Waals surface area contributed by atoms with E-state index in [2.05, 4.69) is 24.8 Å². The Kier molecular flexibility index (Phi) is 4.34. The summed E-state index contributed by atoms with van der Waals surface area (Å²) in [6, 6.07) is 0.505. The molecule has 2 aromatic heterocycles. The Labute approximate surface area is 162 Å². The van der Waals surface area contributed by atoms with Crippen molar-refractivity contribution in [3.8, 4) is 0 Å². The SMILES string of the molecule is Cn1cc(N2CCC(Sc3nnc(N4CCCCC4)n3C3CC3)C2=O)cn1. The van der Waals surface area contributed by atoms with E-state index in [0.29, 0.717) is 6.04 Å². The molecule has 1 unspecified atom stereocenters. The molecular formula is C18H25N7OS. The Hall–Kier alpha value is -2.03. The fraction of sp³-hybridized carbons (Fsp3) is 0.667. The molecule has 3 fully saturated rings. The molecule has 1 saturated carbocycles. The number of amides is 1. The van der Waals surface area contributed by atoms with Crippen LogP contribution in [-0.4, -0.2) is 55.3 Å². The van der Waals surface area contributed by atoms with E-state index in [-0.39, 0.29) is 11.2 Å². The lowest BCUT2D eigenvalue weighted by atomic mass is 10.1. The molecule has 144 valence electrons. The highest BCUT2D eigenvalue weighted by Gasteiger charge is 2.38. The topological polar surface area (TPSA) is 72.1 Å². The first-order chi connectivity index (χ1) is 13.2. The summed E-state index contributed by atoms with van der Waals surface area (Å²) in [5.74, 6) is 1.16. The quantitative estimate of drug-likeness (QED) is 0.783. The summed E-state index contributed by atoms with van der Waals surface area (Å²) in [6.07, 6.45) is 10.6. The molecule has 4 heterocycles. The fourth-order valence-corrected chi connectivity index (χ4v) is 5.14. The molecule has 0 N–H and O–H groups in total. The second-order valence-corrected chi connectivity index (χ2v) is 8.86. The van der Waals surface area contributed by atoms with E-state index in [1.807, 2.05) is 18.1 Å². The second-order valence-electron chi connectivity index (χ2n) is 7.69. The average Bonchev–Trinajstić information content (AvgIpc) is 3.12. The van der Waals surface area contributed by atoms with Crippen molar-refractivity contribution >= 4 is 29.3 Å². The molecule has 27 heavy (non-hydrogen) atoms. The molecule has 1 amide bonds. The summed E-state index contributed by atoms with van der Waals surface area (Å²) in [7, 11) is 1.87. The maximum Gasteiger partial charge on any atom is 0.240 e. The van der Waals surface area contributed by atoms with Crippen molar-refractivity contribution in [2.24, 2.45) is 7.05 Å². The number of piperidine rings is 1. The first kappa shape index (κ1) is 17.1. The van der Waals surface area contributed by atoms with Gasteiger partial charge in [-0.2, -0.15) is 5.10 Å². The monoisotopic (exact) mass is 387 g/mol. The van der Waals surface area contributed by atoms with Gasteiger partial charge in [-0.1, -0.05) is 11.8 Å². The van der Waals surface area contributed by atoms with Gasteiger partial charge in [0, 0.05) is 38.9 Å². The minimum Gasteiger partial charge on any atom is -0.341 e. The number of hydrogen-bond acceptors (Lipinski definition) is 6. The van der Waals surface area contributed by atoms with Crippen LogP contribution in [0.25, 0.3) is 0 Å². The van der Waals surface area contributed by atoms with E-state index in [9.17, 15) is 4.79 Å². The number of aryl methyl sites for hydroxylation is 1. The molecule has 8 nitrogen and oxygen atoms in total. The van der Waals surface area contributed by atoms with Crippen LogP contribution in [0.2, 0.25) is 0 Å². The second kappa shape index (κ2) is 6.85. The summed E-state index contributed by atoms with van der Waals surface area (Å²) < 4.78 is 4.04. The van der Waals surface area contributed by atoms with Gasteiger partial charge in [0.25, 0.3) is 0 Å². The summed E-state index contributed by atoms with van der Waals surface area (Å²) in [4.78, 5) is 17.1. The number of aromatic nitrogens is 5. The Balaban J connectivity index is 1.35. The lowest BCUT2D eigenvalue weighted by molar-refractivity contribution is -0.116. The minimum atomic E-state index is -0.0962. The van der Waals surface area contributed by atoms with Crippen molar-refractivity contribution in [1.29, 1.82) is 0 Å². The average molecular weight is 388 g/mol. The van der Waals surface area contributed by atoms with E-state index in [1.165, 1.54) is 32.1 Å². The first-order valence-electron chi connectivity index (χ1n) is 9.87. The third kappa shape index (κ3) is 3.22. The predicted molar refractivity (Wildman–Crippen MR) is 104 cm³/mol. The fourth-order valence-electron chi connectivity index (χ4n) is 4.01. The van der Waals surface area contributed by atoms with Crippen LogP contribution in [0.15, 0.2) is 17.6 Å². The van der Waals surface area contributed by atoms with Crippen molar-refractivity contribution in [2.45, 2.75) is 55.0 Å². The Morgan fingerprint density at radius 2 is 1.89 bits per heavy atom. The molecule has 3 aliphatic rings. The molecule has 0 radical (unpaired) electrons. The third-order valence-electron chi connectivity index (χ3n) is 5.60. The zero-order chi connectivity index (χ0) is 18.4. The molecule has 1 aliphatic carbocycles. The van der Waals surface area contributed by atoms with Crippen LogP contribution in [0.5, 0.6) is 0 Å². The molecule has 2 saturated heterocycles. The van der Waals surface area contributed by atoms with Gasteiger partial charge in [-0.05, 0) is 38.5 Å². The summed E-state index contributed by atoms with van der Waals surface area (Å²) in [6.45, 7) is 2.86. The summed E-state index contributed by atoms with van der Waals surface area (Å²) >= 11 is 1.59. The predicted octanol–water partition coefficient (Wildman–Crippen LogP) is 2.23. The molecule has 0 bridgehead atoms. The van der Waals surface area contributed by atoms with Crippen LogP contribution in [-0.2, 0) is 11.8 Å². The maximum atomic E-state index is 12.9. The van der Waals surface area contributed by atoms with Crippen LogP contribution < -0.4 is 9.80 Å². The van der Waals surface area contributed by atoms with Crippen LogP contribution in [0, 0.1) is 0 Å². The molecule has 9 heteroatoms. The molecule has 0 aromatic carbocycles. The number of hydrogen-bond donors (Lipinski definition) is 0. The van der Waals surface area contributed by atoms with Gasteiger partial charge in [0.05, 0.1) is 17.1 Å². The lowest BCUT2D eigenvalue weighted by Crippen LogP contribution is -2.32. The number of rotatable bonds is 5. The van der Waals surface area contributed by atoms with Crippen LogP contribution >= 0.6 is 11.8 Å². The van der Waals surface area contributed by atoms with Crippen molar-refractivity contribution < 1.29 is 4.79 Å². The highest BCUT2D eigenvalue weighted by molar-refractivity contribution is 8.00. The molecule has 2 aromatic rings. The number of carbonyl (C=O) groups excluding carboxylic acids is 1. The standard InChI is InChI=1S/C18H25N7OS/c1-22-12-14(11-19-22)24-10-7-15(16(24)26)27-18-21-20-17(25(18)13-5-6-13)23-8-3-2-4-9-23/h11-13,15H,2-10H2,1H3. The number of anilines is 2. The summed E-state index contributed by atoms with van der Waals surface area (Å²) in [5, 5.41) is 14.0. The van der Waals surface area contributed by atoms with Crippen molar-refractivity contribution in [2.75, 3.05) is 29.4 Å². The Morgan fingerprint density at radius 1 is 1.07 bits per heavy atom. The van der Waals surface area contributed by atoms with Crippen LogP contribution in [0.3, 0.4) is 0 Å². The van der Waals surface area contributed by atoms with Gasteiger partial charge in [-0.3, -0.25) is 14.0 Å². The molecule has 2 aliphatic heterocycles. The van der Waals surface area contributed by atoms with Crippen molar-refractivity contribution in [3.63, 3.8) is 0 Å². The molecule has 1 atom stereocenters. The smallest absolute Gasteiger partial charge is 0.240 e. The summed E-state index contributed by atoms with van der Waals surface area (Å²) in [5.41, 5.74) is 0.878. The largest absolute Gasteiger partial charge is 0.341 e. The maximum absolute atomic E-state index is 12.9. The molecule has 0 spiro atoms. The molecule has 5 rings (SSSR count). The normalized spacial score (nSPS) is 23.4. The zero-order valence-corrected chi connectivity index (χ0v) is 16.4. The third-order valence-corrected chi connectivity index (χ3v) is 6.82. The highest BCUT2D eigenvalue weighted by Crippen LogP contribution is 2.43. The number of carbonyl (C=O) groups is 1. The minimum absolute atomic E-state index is 0.0962. The van der Waals surface area contributed by atoms with E-state index in [4.69, 9.17) is 0 Å². The number of nitrogens with zero attached hydrogens (tertiary/aromatic N) is 7. The van der Waals surface area contributed by atoms with Gasteiger partial charge in [-0.25, -0.2) is 0 Å². The lowest BCUT2D eigenvalue weighted by Gasteiger charge is -2.28. The number of thioether (sulfide) groups is 1. The van der Waals surface area contributed by atoms with E-state index in [1.54, 1.807) is 22.6 Å². The van der Waals surface area contributed by atoms with Gasteiger partial charge >= 0.3 is 0 Å². The van der Waals surface area contributed by atoms with Gasteiger partial charge < -0.3 is 9.80 Å². The van der Waals surface area contributed by atoms with Crippen LogP contribution in [0.4, 0.5) is 11.6 Å². The van der Waals surface area contributed by atoms with E-state index >= 15 is 0 Å². The van der Waals surface area contributed by atoms with Crippen molar-refractivity contribution in [3.05, 3.63) is 12.4 Å². The first-order valence-corrected chi connectivity index (χ1v) is 10.8. The Morgan fingerprint density at radius 3 is 2.59 bits per heavy atom. The Bertz CT molecular complexity index is 837. The molecular weight excluding hydrogens is 362 g/mol. The van der Waals surface area contributed by atoms with Gasteiger partial charge in [0.15, 0.2) is 5.16 Å². The van der Waals surface area contributed by atoms with E-state index in [0.717, 1.165) is 42.8 Å². The van der Waals surface area contributed by atoms with Gasteiger partial charge in [-0.15, -0.1) is 10.2 Å². The zero-order valence-electron chi connectivity index (χ0n) is 15.6. The van der Waals surface area contributed by atoms with Crippen LogP contribution in [0.1, 0.15) is 44.6 Å². The van der Waals surface area contributed by atoms with E-state index < -0.39 is 0 Å². The van der Waals surface area contributed by atoms with Crippen molar-refractivity contribution in [1.82, 2.24) is 24.5 Å². The van der Waals surface area contributed by atoms with Gasteiger partial charge in [0.1, 0.15) is 0 Å².